The highest BCUT2D eigenvalue weighted by Gasteiger charge is 2.55. The van der Waals surface area contributed by atoms with Crippen molar-refractivity contribution < 1.29 is 24.5 Å². The number of carbonyl (C=O) groups excluding carboxylic acids is 1. The van der Waals surface area contributed by atoms with Crippen molar-refractivity contribution in [1.29, 1.82) is 0 Å². The van der Waals surface area contributed by atoms with E-state index in [1.165, 1.54) is 18.2 Å². The number of phenolic OH excluding ortho intramolecular Hbond substituents is 2. The summed E-state index contributed by atoms with van der Waals surface area (Å²) in [6.45, 7) is 0. The van der Waals surface area contributed by atoms with Crippen LogP contribution >= 0.6 is 0 Å². The lowest BCUT2D eigenvalue weighted by Gasteiger charge is -2.36. The average molecular weight is 358 g/mol. The van der Waals surface area contributed by atoms with Gasteiger partial charge >= 0.3 is 5.97 Å². The van der Waals surface area contributed by atoms with Crippen molar-refractivity contribution in [3.63, 3.8) is 0 Å². The molecule has 0 aliphatic carbocycles. The van der Waals surface area contributed by atoms with Crippen LogP contribution in [0.3, 0.4) is 0 Å². The summed E-state index contributed by atoms with van der Waals surface area (Å²) in [7, 11) is 0. The number of benzene rings is 3. The van der Waals surface area contributed by atoms with Gasteiger partial charge in [-0.2, -0.15) is 0 Å². The van der Waals surface area contributed by atoms with Gasteiger partial charge in [0.1, 0.15) is 23.0 Å². The molecule has 27 heavy (non-hydrogen) atoms. The molecule has 4 aromatic rings. The maximum Gasteiger partial charge on any atom is 0.340 e. The summed E-state index contributed by atoms with van der Waals surface area (Å²) in [5.74, 6) is -0.186. The molecule has 0 fully saturated rings. The zero-order chi connectivity index (χ0) is 18.5. The minimum Gasteiger partial charge on any atom is -0.508 e. The number of ether oxygens (including phenoxy) is 2. The number of phenols is 2. The quantitative estimate of drug-likeness (QED) is 0.469. The van der Waals surface area contributed by atoms with Crippen LogP contribution in [0.25, 0.3) is 10.8 Å². The van der Waals surface area contributed by atoms with E-state index in [4.69, 9.17) is 9.47 Å². The van der Waals surface area contributed by atoms with Crippen LogP contribution in [-0.4, -0.2) is 16.2 Å². The molecule has 2 heterocycles. The Morgan fingerprint density at radius 1 is 0.852 bits per heavy atom. The van der Waals surface area contributed by atoms with Crippen molar-refractivity contribution in [3.05, 3.63) is 81.0 Å². The van der Waals surface area contributed by atoms with Crippen LogP contribution in [0.15, 0.2) is 53.3 Å². The summed E-state index contributed by atoms with van der Waals surface area (Å²) in [5.41, 5.74) is 0.266. The van der Waals surface area contributed by atoms with Crippen molar-refractivity contribution in [2.24, 2.45) is 0 Å². The average Bonchev–Trinajstić information content (AvgIpc) is 3.23. The number of hydrogen-bond donors (Lipinski definition) is 2. The van der Waals surface area contributed by atoms with Crippen molar-refractivity contribution in [2.75, 3.05) is 0 Å². The van der Waals surface area contributed by atoms with Gasteiger partial charge in [0.05, 0.1) is 16.5 Å². The Hall–Kier alpha value is -3.80. The fourth-order valence-electron chi connectivity index (χ4n) is 4.22. The van der Waals surface area contributed by atoms with Crippen LogP contribution in [-0.2, 0) is 10.3 Å². The van der Waals surface area contributed by atoms with Crippen LogP contribution in [0, 0.1) is 0 Å². The molecule has 1 spiro atoms. The van der Waals surface area contributed by atoms with Crippen molar-refractivity contribution in [3.8, 4) is 23.0 Å². The molecular formula is C21H10O6. The Balaban J connectivity index is 1.81. The third kappa shape index (κ3) is 1.52. The van der Waals surface area contributed by atoms with Crippen LogP contribution in [0.4, 0.5) is 0 Å². The third-order valence-corrected chi connectivity index (χ3v) is 5.35. The molecule has 2 aliphatic rings. The lowest BCUT2D eigenvalue weighted by atomic mass is 9.77. The number of aromatic hydroxyl groups is 2. The lowest BCUT2D eigenvalue weighted by Crippen LogP contribution is -2.33. The van der Waals surface area contributed by atoms with E-state index in [0.29, 0.717) is 33.4 Å². The summed E-state index contributed by atoms with van der Waals surface area (Å²) in [5, 5.41) is 20.5. The number of esters is 1. The predicted octanol–water partition coefficient (Wildman–Crippen LogP) is 3.05. The zero-order valence-electron chi connectivity index (χ0n) is 13.6. The van der Waals surface area contributed by atoms with Crippen LogP contribution in [0.2, 0.25) is 0 Å². The van der Waals surface area contributed by atoms with Gasteiger partial charge in [-0.3, -0.25) is 4.79 Å². The number of rotatable bonds is 0. The summed E-state index contributed by atoms with van der Waals surface area (Å²) in [6.07, 6.45) is 0. The SMILES string of the molecule is O=C1OC2(c3ccc(O)cc3Oc3cc(O)c4c(=O)c4c32)c2ccccc21. The van der Waals surface area contributed by atoms with Gasteiger partial charge in [-0.15, -0.1) is 0 Å². The van der Waals surface area contributed by atoms with Gasteiger partial charge in [0.15, 0.2) is 11.0 Å². The Kier molecular flexibility index (Phi) is 2.29. The molecule has 0 saturated carbocycles. The maximum absolute atomic E-state index is 12.7. The largest absolute Gasteiger partial charge is 0.508 e. The molecule has 0 saturated heterocycles. The molecule has 0 aromatic heterocycles. The van der Waals surface area contributed by atoms with Gasteiger partial charge in [0.2, 0.25) is 0 Å². The fourth-order valence-corrected chi connectivity index (χ4v) is 4.22. The first-order chi connectivity index (χ1) is 13.0. The Morgan fingerprint density at radius 3 is 2.52 bits per heavy atom. The van der Waals surface area contributed by atoms with Crippen LogP contribution in [0.1, 0.15) is 27.0 Å². The lowest BCUT2D eigenvalue weighted by molar-refractivity contribution is 0.0229. The van der Waals surface area contributed by atoms with E-state index in [0.717, 1.165) is 0 Å². The summed E-state index contributed by atoms with van der Waals surface area (Å²) in [6, 6.07) is 12.8. The summed E-state index contributed by atoms with van der Waals surface area (Å²) >= 11 is 0. The van der Waals surface area contributed by atoms with Gasteiger partial charge < -0.3 is 19.7 Å². The molecule has 6 nitrogen and oxygen atoms in total. The molecule has 6 rings (SSSR count). The fraction of sp³-hybridized carbons (Fsp3) is 0.0476. The topological polar surface area (TPSA) is 93.1 Å². The van der Waals surface area contributed by atoms with Gasteiger partial charge in [0.25, 0.3) is 0 Å². The third-order valence-electron chi connectivity index (χ3n) is 5.35. The van der Waals surface area contributed by atoms with Crippen molar-refractivity contribution in [2.45, 2.75) is 5.60 Å². The Bertz CT molecular complexity index is 1340. The monoisotopic (exact) mass is 358 g/mol. The highest BCUT2D eigenvalue weighted by molar-refractivity contribution is 6.08. The van der Waals surface area contributed by atoms with E-state index in [-0.39, 0.29) is 28.1 Å². The minimum atomic E-state index is -1.37. The van der Waals surface area contributed by atoms with Crippen molar-refractivity contribution in [1.82, 2.24) is 0 Å². The molecule has 1 unspecified atom stereocenters. The predicted molar refractivity (Wildman–Crippen MR) is 94.2 cm³/mol. The van der Waals surface area contributed by atoms with Crippen LogP contribution in [0.5, 0.6) is 23.0 Å². The first kappa shape index (κ1) is 14.4. The second kappa shape index (κ2) is 4.29. The molecule has 2 N–H and O–H groups in total. The highest BCUT2D eigenvalue weighted by atomic mass is 16.6. The minimum absolute atomic E-state index is 0.0167. The van der Waals surface area contributed by atoms with Gasteiger partial charge in [0, 0.05) is 28.6 Å². The molecular weight excluding hydrogens is 348 g/mol. The second-order valence-corrected chi connectivity index (χ2v) is 6.75. The summed E-state index contributed by atoms with van der Waals surface area (Å²) < 4.78 is 11.8. The molecule has 1 atom stereocenters. The standard InChI is InChI=1S/C21H10O6/c22-9-5-6-12-14(7-9)26-15-8-13(23)16-17(19(16)24)18(15)21(12)11-4-2-1-3-10(11)20(25)27-21/h1-8,22-23H. The van der Waals surface area contributed by atoms with E-state index in [1.54, 1.807) is 30.3 Å². The smallest absolute Gasteiger partial charge is 0.340 e. The van der Waals surface area contributed by atoms with E-state index in [9.17, 15) is 19.8 Å². The molecule has 0 radical (unpaired) electrons. The molecule has 6 heteroatoms. The maximum atomic E-state index is 12.7. The van der Waals surface area contributed by atoms with Gasteiger partial charge in [-0.25, -0.2) is 4.79 Å². The Labute approximate surface area is 151 Å². The zero-order valence-corrected chi connectivity index (χ0v) is 13.6. The van der Waals surface area contributed by atoms with E-state index in [1.807, 2.05) is 0 Å². The first-order valence-electron chi connectivity index (χ1n) is 8.31. The normalized spacial score (nSPS) is 19.6. The number of carbonyl (C=O) groups is 1. The summed E-state index contributed by atoms with van der Waals surface area (Å²) in [4.78, 5) is 25.0. The van der Waals surface area contributed by atoms with Gasteiger partial charge in [-0.05, 0) is 18.2 Å². The van der Waals surface area contributed by atoms with E-state index >= 15 is 0 Å². The first-order valence-corrected chi connectivity index (χ1v) is 8.31. The van der Waals surface area contributed by atoms with Crippen LogP contribution < -0.4 is 10.2 Å². The number of fused-ring (bicyclic) bond motifs is 8. The molecule has 130 valence electrons. The van der Waals surface area contributed by atoms with E-state index in [2.05, 4.69) is 0 Å². The highest BCUT2D eigenvalue weighted by Crippen LogP contribution is 2.59. The molecule has 0 bridgehead atoms. The van der Waals surface area contributed by atoms with Gasteiger partial charge in [-0.1, -0.05) is 18.2 Å². The molecule has 0 amide bonds. The molecule has 4 aromatic carbocycles. The molecule has 2 aliphatic heterocycles. The van der Waals surface area contributed by atoms with E-state index < -0.39 is 11.6 Å². The second-order valence-electron chi connectivity index (χ2n) is 6.75. The van der Waals surface area contributed by atoms with Crippen molar-refractivity contribution >= 4 is 16.7 Å². The Morgan fingerprint density at radius 2 is 1.67 bits per heavy atom. The number of hydrogen-bond acceptors (Lipinski definition) is 6.